The first-order valence-electron chi connectivity index (χ1n) is 7.92. The number of nitrogens with zero attached hydrogens (tertiary/aromatic N) is 1. The summed E-state index contributed by atoms with van der Waals surface area (Å²) in [6.45, 7) is 0.791. The SMILES string of the molecule is CON1C=C(Br)C23CCCC[C@H]2OC2=C3[C@@H](C[C@@H](O)C2)C1. The summed E-state index contributed by atoms with van der Waals surface area (Å²) in [6.07, 6.45) is 8.22. The molecule has 1 fully saturated rings. The fraction of sp³-hybridized carbons (Fsp3) is 0.750. The average Bonchev–Trinajstić information content (AvgIpc) is 2.75. The van der Waals surface area contributed by atoms with Crippen LogP contribution in [0.4, 0.5) is 0 Å². The summed E-state index contributed by atoms with van der Waals surface area (Å²) in [5.41, 5.74) is 1.44. The van der Waals surface area contributed by atoms with Gasteiger partial charge in [0.25, 0.3) is 0 Å². The van der Waals surface area contributed by atoms with Crippen molar-refractivity contribution in [3.05, 3.63) is 22.0 Å². The molecule has 5 heteroatoms. The quantitative estimate of drug-likeness (QED) is 0.784. The summed E-state index contributed by atoms with van der Waals surface area (Å²) >= 11 is 3.85. The number of aliphatic hydroxyl groups excluding tert-OH is 1. The first-order chi connectivity index (χ1) is 10.1. The van der Waals surface area contributed by atoms with Crippen LogP contribution in [-0.4, -0.2) is 36.0 Å². The molecule has 1 N–H and O–H groups in total. The minimum absolute atomic E-state index is 0.00826. The highest BCUT2D eigenvalue weighted by molar-refractivity contribution is 9.11. The van der Waals surface area contributed by atoms with Gasteiger partial charge in [-0.15, -0.1) is 0 Å². The second-order valence-corrected chi connectivity index (χ2v) is 7.56. The van der Waals surface area contributed by atoms with Crippen LogP contribution in [0.2, 0.25) is 0 Å². The maximum Gasteiger partial charge on any atom is 0.112 e. The van der Waals surface area contributed by atoms with Gasteiger partial charge in [0.05, 0.1) is 30.9 Å². The van der Waals surface area contributed by atoms with E-state index in [2.05, 4.69) is 22.1 Å². The van der Waals surface area contributed by atoms with E-state index in [0.29, 0.717) is 12.3 Å². The number of hydrogen-bond acceptors (Lipinski definition) is 4. The zero-order valence-electron chi connectivity index (χ0n) is 12.3. The summed E-state index contributed by atoms with van der Waals surface area (Å²) in [5.74, 6) is 1.38. The van der Waals surface area contributed by atoms with Crippen molar-refractivity contribution >= 4 is 15.9 Å². The Morgan fingerprint density at radius 3 is 3.14 bits per heavy atom. The Bertz CT molecular complexity index is 518. The molecule has 0 aromatic rings. The average molecular weight is 356 g/mol. The number of ether oxygens (including phenoxy) is 1. The van der Waals surface area contributed by atoms with Crippen LogP contribution >= 0.6 is 15.9 Å². The van der Waals surface area contributed by atoms with Gasteiger partial charge in [-0.1, -0.05) is 22.4 Å². The number of hydrogen-bond donors (Lipinski definition) is 1. The predicted molar refractivity (Wildman–Crippen MR) is 82.3 cm³/mol. The van der Waals surface area contributed by atoms with Crippen LogP contribution in [0.3, 0.4) is 0 Å². The van der Waals surface area contributed by atoms with Gasteiger partial charge in [0, 0.05) is 23.0 Å². The minimum atomic E-state index is -0.290. The highest BCUT2D eigenvalue weighted by atomic mass is 79.9. The zero-order chi connectivity index (χ0) is 14.6. The smallest absolute Gasteiger partial charge is 0.112 e. The summed E-state index contributed by atoms with van der Waals surface area (Å²) in [4.78, 5) is 5.49. The van der Waals surface area contributed by atoms with Crippen LogP contribution < -0.4 is 0 Å². The van der Waals surface area contributed by atoms with E-state index in [1.807, 2.05) is 5.06 Å². The topological polar surface area (TPSA) is 41.9 Å². The fourth-order valence-electron chi connectivity index (χ4n) is 4.79. The Kier molecular flexibility index (Phi) is 3.36. The van der Waals surface area contributed by atoms with Crippen LogP contribution in [0.5, 0.6) is 0 Å². The van der Waals surface area contributed by atoms with E-state index in [9.17, 15) is 5.11 Å². The molecule has 0 radical (unpaired) electrons. The molecule has 2 aliphatic carbocycles. The second-order valence-electron chi connectivity index (χ2n) is 6.71. The predicted octanol–water partition coefficient (Wildman–Crippen LogP) is 3.08. The number of halogens is 1. The molecular weight excluding hydrogens is 334 g/mol. The molecule has 4 rings (SSSR count). The lowest BCUT2D eigenvalue weighted by Gasteiger charge is -2.41. The van der Waals surface area contributed by atoms with Gasteiger partial charge in [-0.2, -0.15) is 0 Å². The van der Waals surface area contributed by atoms with Crippen LogP contribution in [0.25, 0.3) is 0 Å². The van der Waals surface area contributed by atoms with E-state index < -0.39 is 0 Å². The Hall–Kier alpha value is -0.520. The van der Waals surface area contributed by atoms with Gasteiger partial charge < -0.3 is 9.84 Å². The first-order valence-corrected chi connectivity index (χ1v) is 8.71. The molecule has 0 bridgehead atoms. The third-order valence-corrected chi connectivity index (χ3v) is 6.52. The van der Waals surface area contributed by atoms with E-state index in [0.717, 1.165) is 31.6 Å². The van der Waals surface area contributed by atoms with Crippen molar-refractivity contribution in [2.24, 2.45) is 11.3 Å². The van der Waals surface area contributed by atoms with E-state index >= 15 is 0 Å². The molecule has 2 heterocycles. The van der Waals surface area contributed by atoms with Gasteiger partial charge in [0.2, 0.25) is 0 Å². The molecule has 1 spiro atoms. The second kappa shape index (κ2) is 5.00. The van der Waals surface area contributed by atoms with Crippen LogP contribution in [0, 0.1) is 11.3 Å². The molecule has 4 aliphatic rings. The van der Waals surface area contributed by atoms with Crippen molar-refractivity contribution in [1.82, 2.24) is 5.06 Å². The van der Waals surface area contributed by atoms with E-state index in [1.165, 1.54) is 22.9 Å². The number of aliphatic hydroxyl groups is 1. The van der Waals surface area contributed by atoms with Gasteiger partial charge in [0.1, 0.15) is 6.10 Å². The Balaban J connectivity index is 1.86. The fourth-order valence-corrected chi connectivity index (χ4v) is 5.69. The van der Waals surface area contributed by atoms with Crippen LogP contribution in [0.15, 0.2) is 22.0 Å². The van der Waals surface area contributed by atoms with Crippen molar-refractivity contribution in [1.29, 1.82) is 0 Å². The summed E-state index contributed by atoms with van der Waals surface area (Å²) in [6, 6.07) is 0. The lowest BCUT2D eigenvalue weighted by Crippen LogP contribution is -2.39. The molecular formula is C16H22BrNO3. The van der Waals surface area contributed by atoms with Gasteiger partial charge in [-0.05, 0) is 31.3 Å². The molecule has 1 unspecified atom stereocenters. The molecule has 0 aromatic heterocycles. The van der Waals surface area contributed by atoms with Crippen molar-refractivity contribution in [3.8, 4) is 0 Å². The van der Waals surface area contributed by atoms with Gasteiger partial charge in [-0.25, -0.2) is 0 Å². The normalized spacial score (nSPS) is 42.0. The monoisotopic (exact) mass is 355 g/mol. The van der Waals surface area contributed by atoms with Gasteiger partial charge in [-0.3, -0.25) is 9.90 Å². The largest absolute Gasteiger partial charge is 0.493 e. The molecule has 4 atom stereocenters. The van der Waals surface area contributed by atoms with E-state index in [-0.39, 0.29) is 17.6 Å². The van der Waals surface area contributed by atoms with Crippen LogP contribution in [0.1, 0.15) is 38.5 Å². The van der Waals surface area contributed by atoms with E-state index in [1.54, 1.807) is 7.11 Å². The standard InChI is InChI=1S/C16H22BrNO3/c1-20-18-8-10-6-11(19)7-12-15(10)16(13(17)9-18)5-3-2-4-14(16)21-12/h9-11,14,19H,2-8H2,1H3/t10-,11+,14+,16?/m0/s1. The summed E-state index contributed by atoms with van der Waals surface area (Å²) < 4.78 is 7.51. The molecule has 0 amide bonds. The molecule has 0 aromatic carbocycles. The van der Waals surface area contributed by atoms with E-state index in [4.69, 9.17) is 9.57 Å². The number of rotatable bonds is 1. The number of hydroxylamine groups is 2. The van der Waals surface area contributed by atoms with Crippen molar-refractivity contribution in [3.63, 3.8) is 0 Å². The van der Waals surface area contributed by atoms with Gasteiger partial charge >= 0.3 is 0 Å². The molecule has 116 valence electrons. The van der Waals surface area contributed by atoms with Crippen molar-refractivity contribution in [2.45, 2.75) is 50.7 Å². The molecule has 2 aliphatic heterocycles. The third-order valence-electron chi connectivity index (χ3n) is 5.61. The Morgan fingerprint density at radius 2 is 2.33 bits per heavy atom. The highest BCUT2D eigenvalue weighted by Gasteiger charge is 2.57. The lowest BCUT2D eigenvalue weighted by atomic mass is 9.63. The lowest BCUT2D eigenvalue weighted by molar-refractivity contribution is -0.0968. The molecule has 4 nitrogen and oxygen atoms in total. The first kappa shape index (κ1) is 14.1. The molecule has 1 saturated carbocycles. The van der Waals surface area contributed by atoms with Crippen LogP contribution in [-0.2, 0) is 9.57 Å². The van der Waals surface area contributed by atoms with Gasteiger partial charge in [0.15, 0.2) is 0 Å². The maximum absolute atomic E-state index is 10.2. The molecule has 0 saturated heterocycles. The zero-order valence-corrected chi connectivity index (χ0v) is 13.9. The maximum atomic E-state index is 10.2. The Morgan fingerprint density at radius 1 is 1.48 bits per heavy atom. The third kappa shape index (κ3) is 1.93. The minimum Gasteiger partial charge on any atom is -0.493 e. The Labute approximate surface area is 133 Å². The summed E-state index contributed by atoms with van der Waals surface area (Å²) in [7, 11) is 1.71. The summed E-state index contributed by atoms with van der Waals surface area (Å²) in [5, 5.41) is 12.1. The highest BCUT2D eigenvalue weighted by Crippen LogP contribution is 2.62. The van der Waals surface area contributed by atoms with Crippen molar-refractivity contribution in [2.75, 3.05) is 13.7 Å². The van der Waals surface area contributed by atoms with Crippen molar-refractivity contribution < 1.29 is 14.7 Å². The molecule has 21 heavy (non-hydrogen) atoms.